The van der Waals surface area contributed by atoms with Crippen molar-refractivity contribution in [2.75, 3.05) is 4.90 Å². The normalized spacial score (nSPS) is 12.4. The number of rotatable bonds is 9. The van der Waals surface area contributed by atoms with E-state index in [-0.39, 0.29) is 0 Å². The second-order valence-corrected chi connectivity index (χ2v) is 18.1. The van der Waals surface area contributed by atoms with Gasteiger partial charge >= 0.3 is 0 Å². The summed E-state index contributed by atoms with van der Waals surface area (Å²) in [5.74, 6) is 0. The van der Waals surface area contributed by atoms with Gasteiger partial charge in [-0.1, -0.05) is 152 Å². The first-order valence-electron chi connectivity index (χ1n) is 23.9. The minimum absolute atomic E-state index is 0.890. The standard InChI is InChI=1S/C66H43N3O/c1-2-43(48-40-58-54-17-5-10-22-62(54)69-63-23-11-6-18-55(63)59(41-48)66(58)69)14-13-39-67(50-34-27-46(28-35-50)47-31-38-57-56-19-7-12-24-64(56)70-65(57)42-47)49-32-25-44(26-33-49)45-29-36-51(37-30-45)68-60-20-8-3-15-52(60)53-16-4-9-21-61(53)68/h2-42H,1H2/b39-13+,43-14+. The molecular formula is C66H43N3O. The van der Waals surface area contributed by atoms with Crippen LogP contribution in [0.5, 0.6) is 0 Å². The molecule has 14 aromatic rings. The van der Waals surface area contributed by atoms with Crippen molar-refractivity contribution in [3.8, 4) is 27.9 Å². The van der Waals surface area contributed by atoms with E-state index in [1.165, 1.54) is 59.9 Å². The number of allylic oxidation sites excluding steroid dienone is 4. The molecule has 0 aliphatic carbocycles. The van der Waals surface area contributed by atoms with Crippen molar-refractivity contribution in [1.29, 1.82) is 0 Å². The molecule has 0 saturated carbocycles. The van der Waals surface area contributed by atoms with E-state index in [1.54, 1.807) is 0 Å². The molecule has 10 aromatic carbocycles. The van der Waals surface area contributed by atoms with Gasteiger partial charge in [0.25, 0.3) is 0 Å². The molecule has 0 spiro atoms. The molecule has 4 nitrogen and oxygen atoms in total. The lowest BCUT2D eigenvalue weighted by atomic mass is 9.99. The topological polar surface area (TPSA) is 25.7 Å². The predicted octanol–water partition coefficient (Wildman–Crippen LogP) is 18.1. The van der Waals surface area contributed by atoms with Crippen LogP contribution in [-0.2, 0) is 0 Å². The molecule has 0 bridgehead atoms. The molecule has 0 unspecified atom stereocenters. The third-order valence-electron chi connectivity index (χ3n) is 14.3. The molecule has 0 aliphatic heterocycles. The molecule has 4 heteroatoms. The highest BCUT2D eigenvalue weighted by molar-refractivity contribution is 6.24. The van der Waals surface area contributed by atoms with Gasteiger partial charge in [-0.15, -0.1) is 0 Å². The first-order valence-corrected chi connectivity index (χ1v) is 23.9. The van der Waals surface area contributed by atoms with Gasteiger partial charge in [-0.3, -0.25) is 0 Å². The van der Waals surface area contributed by atoms with Crippen LogP contribution < -0.4 is 4.90 Å². The predicted molar refractivity (Wildman–Crippen MR) is 296 cm³/mol. The van der Waals surface area contributed by atoms with Crippen molar-refractivity contribution in [3.05, 3.63) is 261 Å². The summed E-state index contributed by atoms with van der Waals surface area (Å²) in [6.45, 7) is 4.32. The Kier molecular flexibility index (Phi) is 9.01. The van der Waals surface area contributed by atoms with Gasteiger partial charge in [-0.25, -0.2) is 0 Å². The zero-order valence-electron chi connectivity index (χ0n) is 38.1. The highest BCUT2D eigenvalue weighted by Crippen LogP contribution is 2.42. The molecule has 0 atom stereocenters. The molecule has 0 N–H and O–H groups in total. The van der Waals surface area contributed by atoms with Gasteiger partial charge in [0.2, 0.25) is 0 Å². The second-order valence-electron chi connectivity index (χ2n) is 18.1. The number of para-hydroxylation sites is 5. The first kappa shape index (κ1) is 39.8. The van der Waals surface area contributed by atoms with Gasteiger partial charge in [0.05, 0.1) is 27.6 Å². The Hall–Kier alpha value is -9.38. The number of fused-ring (bicyclic) bond motifs is 12. The Labute approximate surface area is 404 Å². The van der Waals surface area contributed by atoms with Crippen LogP contribution in [0.2, 0.25) is 0 Å². The monoisotopic (exact) mass is 893 g/mol. The summed E-state index contributed by atoms with van der Waals surface area (Å²) in [6, 6.07) is 80.8. The summed E-state index contributed by atoms with van der Waals surface area (Å²) in [7, 11) is 0. The lowest BCUT2D eigenvalue weighted by Crippen LogP contribution is -2.08. The molecule has 0 saturated heterocycles. The van der Waals surface area contributed by atoms with Crippen LogP contribution in [0.3, 0.4) is 0 Å². The van der Waals surface area contributed by atoms with E-state index in [0.717, 1.165) is 72.4 Å². The van der Waals surface area contributed by atoms with Crippen molar-refractivity contribution in [2.45, 2.75) is 0 Å². The molecule has 0 radical (unpaired) electrons. The quantitative estimate of drug-likeness (QED) is 0.135. The van der Waals surface area contributed by atoms with E-state index in [4.69, 9.17) is 4.42 Å². The van der Waals surface area contributed by atoms with Crippen LogP contribution in [0.1, 0.15) is 5.56 Å². The second kappa shape index (κ2) is 15.9. The fourth-order valence-corrected chi connectivity index (χ4v) is 11.0. The number of furan rings is 1. The summed E-state index contributed by atoms with van der Waals surface area (Å²) in [5, 5.41) is 9.79. The number of hydrogen-bond acceptors (Lipinski definition) is 2. The molecule has 0 aliphatic rings. The van der Waals surface area contributed by atoms with E-state index < -0.39 is 0 Å². The molecule has 0 fully saturated rings. The minimum Gasteiger partial charge on any atom is -0.456 e. The highest BCUT2D eigenvalue weighted by Gasteiger charge is 2.19. The van der Waals surface area contributed by atoms with Crippen LogP contribution in [0, 0.1) is 0 Å². The first-order chi connectivity index (χ1) is 34.7. The van der Waals surface area contributed by atoms with E-state index in [0.29, 0.717) is 0 Å². The summed E-state index contributed by atoms with van der Waals surface area (Å²) >= 11 is 0. The lowest BCUT2D eigenvalue weighted by molar-refractivity contribution is 0.669. The number of anilines is 2. The Balaban J connectivity index is 0.827. The van der Waals surface area contributed by atoms with Crippen LogP contribution >= 0.6 is 0 Å². The fraction of sp³-hybridized carbons (Fsp3) is 0. The Morgan fingerprint density at radius 3 is 1.44 bits per heavy atom. The summed E-state index contributed by atoms with van der Waals surface area (Å²) in [5.41, 5.74) is 17.9. The van der Waals surface area contributed by atoms with E-state index in [9.17, 15) is 0 Å². The molecule has 328 valence electrons. The third kappa shape index (κ3) is 6.24. The average molecular weight is 894 g/mol. The molecule has 4 heterocycles. The molecule has 4 aromatic heterocycles. The van der Waals surface area contributed by atoms with Gasteiger partial charge in [0.15, 0.2) is 0 Å². The highest BCUT2D eigenvalue weighted by atomic mass is 16.3. The SMILES string of the molecule is C=C/C(=C\C=C\N(c1ccc(-c2ccc(-n3c4ccccc4c4ccccc43)cc2)cc1)c1ccc(-c2ccc3c(c2)oc2ccccc23)cc1)c1cc2c3ccccc3n3c4ccccc4c(c1)c23. The van der Waals surface area contributed by atoms with Crippen LogP contribution in [0.25, 0.3) is 115 Å². The van der Waals surface area contributed by atoms with Gasteiger partial charge < -0.3 is 18.3 Å². The average Bonchev–Trinajstić information content (AvgIpc) is 4.17. The zero-order valence-corrected chi connectivity index (χ0v) is 38.1. The van der Waals surface area contributed by atoms with E-state index in [1.807, 2.05) is 18.2 Å². The molecule has 70 heavy (non-hydrogen) atoms. The maximum absolute atomic E-state index is 6.27. The van der Waals surface area contributed by atoms with Gasteiger partial charge in [-0.2, -0.15) is 0 Å². The zero-order chi connectivity index (χ0) is 46.3. The summed E-state index contributed by atoms with van der Waals surface area (Å²) in [6.07, 6.45) is 8.45. The van der Waals surface area contributed by atoms with Crippen LogP contribution in [0.15, 0.2) is 260 Å². The molecule has 0 amide bonds. The lowest BCUT2D eigenvalue weighted by Gasteiger charge is -2.22. The number of hydrogen-bond donors (Lipinski definition) is 0. The maximum atomic E-state index is 6.27. The van der Waals surface area contributed by atoms with Crippen molar-refractivity contribution < 1.29 is 4.42 Å². The van der Waals surface area contributed by atoms with Gasteiger partial charge in [0.1, 0.15) is 11.2 Å². The van der Waals surface area contributed by atoms with Crippen LogP contribution in [-0.4, -0.2) is 8.97 Å². The minimum atomic E-state index is 0.890. The fourth-order valence-electron chi connectivity index (χ4n) is 11.0. The van der Waals surface area contributed by atoms with Crippen molar-refractivity contribution in [1.82, 2.24) is 8.97 Å². The van der Waals surface area contributed by atoms with Crippen molar-refractivity contribution >= 4 is 98.8 Å². The molecule has 14 rings (SSSR count). The number of benzene rings is 10. The summed E-state index contributed by atoms with van der Waals surface area (Å²) < 4.78 is 11.1. The molecular weight excluding hydrogens is 851 g/mol. The number of aromatic nitrogens is 2. The number of nitrogens with zero attached hydrogens (tertiary/aromatic N) is 3. The van der Waals surface area contributed by atoms with Gasteiger partial charge in [0, 0.05) is 66.4 Å². The maximum Gasteiger partial charge on any atom is 0.136 e. The smallest absolute Gasteiger partial charge is 0.136 e. The Bertz CT molecular complexity index is 4270. The van der Waals surface area contributed by atoms with Crippen molar-refractivity contribution in [3.63, 3.8) is 0 Å². The van der Waals surface area contributed by atoms with Gasteiger partial charge in [-0.05, 0) is 130 Å². The Morgan fingerprint density at radius 1 is 0.414 bits per heavy atom. The van der Waals surface area contributed by atoms with E-state index >= 15 is 0 Å². The summed E-state index contributed by atoms with van der Waals surface area (Å²) in [4.78, 5) is 2.26. The largest absolute Gasteiger partial charge is 0.456 e. The van der Waals surface area contributed by atoms with Crippen LogP contribution in [0.4, 0.5) is 11.4 Å². The van der Waals surface area contributed by atoms with Crippen molar-refractivity contribution in [2.24, 2.45) is 0 Å². The third-order valence-corrected chi connectivity index (χ3v) is 14.3. The van der Waals surface area contributed by atoms with E-state index in [2.05, 4.69) is 251 Å². The Morgan fingerprint density at radius 2 is 0.871 bits per heavy atom.